The molecule has 1 aromatic heterocycles. The van der Waals surface area contributed by atoms with E-state index in [4.69, 9.17) is 0 Å². The van der Waals surface area contributed by atoms with Gasteiger partial charge in [0.2, 0.25) is 5.91 Å². The molecule has 0 saturated carbocycles. The van der Waals surface area contributed by atoms with Crippen LogP contribution in [0.4, 0.5) is 0 Å². The molecule has 4 heteroatoms. The molecule has 0 unspecified atom stereocenters. The molecule has 1 aromatic rings. The number of carbonyl (C=O) groups excluding carboxylic acids is 1. The second kappa shape index (κ2) is 5.76. The molecular weight excluding hydrogens is 262 g/mol. The Morgan fingerprint density at radius 1 is 1.33 bits per heavy atom. The lowest BCUT2D eigenvalue weighted by molar-refractivity contribution is -0.136. The minimum Gasteiger partial charge on any atom is -0.336 e. The van der Waals surface area contributed by atoms with Crippen LogP contribution in [-0.2, 0) is 11.3 Å². The van der Waals surface area contributed by atoms with Gasteiger partial charge in [0.05, 0.1) is 17.7 Å². The van der Waals surface area contributed by atoms with Crippen molar-refractivity contribution in [3.63, 3.8) is 0 Å². The number of likely N-dealkylation sites (tertiary alicyclic amines) is 2. The topological polar surface area (TPSA) is 36.4 Å². The van der Waals surface area contributed by atoms with Crippen molar-refractivity contribution in [2.24, 2.45) is 5.41 Å². The predicted octanol–water partition coefficient (Wildman–Crippen LogP) is 2.30. The van der Waals surface area contributed by atoms with E-state index < -0.39 is 0 Å². The summed E-state index contributed by atoms with van der Waals surface area (Å²) in [4.78, 5) is 21.7. The first-order valence-electron chi connectivity index (χ1n) is 8.08. The highest BCUT2D eigenvalue weighted by atomic mass is 16.2. The zero-order chi connectivity index (χ0) is 14.9. The quantitative estimate of drug-likeness (QED) is 0.852. The molecule has 3 heterocycles. The van der Waals surface area contributed by atoms with Gasteiger partial charge in [-0.15, -0.1) is 0 Å². The van der Waals surface area contributed by atoms with Crippen molar-refractivity contribution in [3.8, 4) is 0 Å². The summed E-state index contributed by atoms with van der Waals surface area (Å²) in [5.41, 5.74) is 0.873. The molecule has 1 spiro atoms. The van der Waals surface area contributed by atoms with Gasteiger partial charge in [0.25, 0.3) is 0 Å². The highest BCUT2D eigenvalue weighted by Gasteiger charge is 2.50. The third-order valence-electron chi connectivity index (χ3n) is 5.28. The van der Waals surface area contributed by atoms with Gasteiger partial charge in [-0.2, -0.15) is 0 Å². The maximum absolute atomic E-state index is 12.9. The number of hydrogen-bond donors (Lipinski definition) is 0. The van der Waals surface area contributed by atoms with E-state index in [1.807, 2.05) is 23.1 Å². The molecule has 0 aromatic carbocycles. The van der Waals surface area contributed by atoms with E-state index in [1.165, 1.54) is 0 Å². The number of pyridine rings is 1. The van der Waals surface area contributed by atoms with Gasteiger partial charge in [-0.1, -0.05) is 13.0 Å². The van der Waals surface area contributed by atoms with Crippen LogP contribution >= 0.6 is 0 Å². The monoisotopic (exact) mass is 287 g/mol. The summed E-state index contributed by atoms with van der Waals surface area (Å²) in [5, 5.41) is 0. The predicted molar refractivity (Wildman–Crippen MR) is 82.6 cm³/mol. The van der Waals surface area contributed by atoms with E-state index in [2.05, 4.69) is 23.7 Å². The Labute approximate surface area is 127 Å². The van der Waals surface area contributed by atoms with Crippen molar-refractivity contribution < 1.29 is 4.79 Å². The lowest BCUT2D eigenvalue weighted by atomic mass is 9.85. The Hall–Kier alpha value is -1.42. The van der Waals surface area contributed by atoms with Crippen LogP contribution in [0.1, 0.15) is 38.8 Å². The Bertz CT molecular complexity index is 504. The second-order valence-electron chi connectivity index (χ2n) is 6.56. The molecule has 2 fully saturated rings. The maximum Gasteiger partial charge on any atom is 0.230 e. The van der Waals surface area contributed by atoms with Crippen LogP contribution in [0.5, 0.6) is 0 Å². The standard InChI is InChI=1S/C17H25N3O/c1-3-14(2)20-11-8-17(13-20)7-10-19(16(17)21)12-15-6-4-5-9-18-15/h4-6,9,14H,3,7-8,10-13H2,1-2H3/t14-,17-/m1/s1. The minimum atomic E-state index is -0.113. The molecule has 0 bridgehead atoms. The molecular formula is C17H25N3O. The van der Waals surface area contributed by atoms with Crippen LogP contribution in [0.3, 0.4) is 0 Å². The number of aromatic nitrogens is 1. The largest absolute Gasteiger partial charge is 0.336 e. The summed E-state index contributed by atoms with van der Waals surface area (Å²) in [6.45, 7) is 8.04. The van der Waals surface area contributed by atoms with Gasteiger partial charge >= 0.3 is 0 Å². The van der Waals surface area contributed by atoms with Crippen LogP contribution < -0.4 is 0 Å². The molecule has 1 amide bonds. The summed E-state index contributed by atoms with van der Waals surface area (Å²) < 4.78 is 0. The molecule has 0 aliphatic carbocycles. The first kappa shape index (κ1) is 14.5. The first-order valence-corrected chi connectivity index (χ1v) is 8.08. The molecule has 4 nitrogen and oxygen atoms in total. The third kappa shape index (κ3) is 2.69. The number of nitrogens with zero attached hydrogens (tertiary/aromatic N) is 3. The molecule has 0 radical (unpaired) electrons. The Balaban J connectivity index is 1.67. The van der Waals surface area contributed by atoms with Crippen molar-refractivity contribution in [3.05, 3.63) is 30.1 Å². The fourth-order valence-electron chi connectivity index (χ4n) is 3.65. The van der Waals surface area contributed by atoms with Gasteiger partial charge < -0.3 is 4.90 Å². The summed E-state index contributed by atoms with van der Waals surface area (Å²) >= 11 is 0. The van der Waals surface area contributed by atoms with E-state index in [9.17, 15) is 4.79 Å². The Morgan fingerprint density at radius 3 is 2.86 bits per heavy atom. The number of carbonyl (C=O) groups is 1. The number of hydrogen-bond acceptors (Lipinski definition) is 3. The van der Waals surface area contributed by atoms with Crippen LogP contribution in [0.2, 0.25) is 0 Å². The summed E-state index contributed by atoms with van der Waals surface area (Å²) in [7, 11) is 0. The van der Waals surface area contributed by atoms with E-state index in [0.29, 0.717) is 18.5 Å². The normalized spacial score (nSPS) is 27.7. The van der Waals surface area contributed by atoms with Crippen LogP contribution in [0.25, 0.3) is 0 Å². The van der Waals surface area contributed by atoms with Gasteiger partial charge in [0.15, 0.2) is 0 Å². The second-order valence-corrected chi connectivity index (χ2v) is 6.56. The third-order valence-corrected chi connectivity index (χ3v) is 5.28. The number of amides is 1. The minimum absolute atomic E-state index is 0.113. The van der Waals surface area contributed by atoms with Crippen molar-refractivity contribution in [2.45, 2.75) is 45.7 Å². The fraction of sp³-hybridized carbons (Fsp3) is 0.647. The van der Waals surface area contributed by atoms with Gasteiger partial charge in [-0.25, -0.2) is 0 Å². The maximum atomic E-state index is 12.9. The Morgan fingerprint density at radius 2 is 2.14 bits per heavy atom. The lowest BCUT2D eigenvalue weighted by Gasteiger charge is -2.26. The Kier molecular flexibility index (Phi) is 3.98. The van der Waals surface area contributed by atoms with Gasteiger partial charge in [-0.05, 0) is 44.9 Å². The zero-order valence-corrected chi connectivity index (χ0v) is 13.1. The van der Waals surface area contributed by atoms with Crippen molar-refractivity contribution in [1.82, 2.24) is 14.8 Å². The molecule has 2 atom stereocenters. The van der Waals surface area contributed by atoms with Crippen molar-refractivity contribution in [1.29, 1.82) is 0 Å². The first-order chi connectivity index (χ1) is 10.1. The molecule has 2 aliphatic heterocycles. The number of rotatable bonds is 4. The van der Waals surface area contributed by atoms with Crippen molar-refractivity contribution in [2.75, 3.05) is 19.6 Å². The van der Waals surface area contributed by atoms with Gasteiger partial charge in [0.1, 0.15) is 0 Å². The molecule has 2 aliphatic rings. The van der Waals surface area contributed by atoms with Crippen LogP contribution in [0, 0.1) is 5.41 Å². The van der Waals surface area contributed by atoms with Crippen molar-refractivity contribution >= 4 is 5.91 Å². The molecule has 3 rings (SSSR count). The van der Waals surface area contributed by atoms with Crippen LogP contribution in [-0.4, -0.2) is 46.4 Å². The fourth-order valence-corrected chi connectivity index (χ4v) is 3.65. The molecule has 21 heavy (non-hydrogen) atoms. The summed E-state index contributed by atoms with van der Waals surface area (Å²) in [6, 6.07) is 6.48. The molecule has 2 saturated heterocycles. The SMILES string of the molecule is CC[C@@H](C)N1CC[C@]2(CCN(Cc3ccccn3)C2=O)C1. The lowest BCUT2D eigenvalue weighted by Crippen LogP contribution is -2.38. The van der Waals surface area contributed by atoms with E-state index in [1.54, 1.807) is 6.20 Å². The highest BCUT2D eigenvalue weighted by molar-refractivity contribution is 5.85. The highest BCUT2D eigenvalue weighted by Crippen LogP contribution is 2.41. The van der Waals surface area contributed by atoms with E-state index in [0.717, 1.165) is 44.6 Å². The van der Waals surface area contributed by atoms with E-state index >= 15 is 0 Å². The van der Waals surface area contributed by atoms with Gasteiger partial charge in [-0.3, -0.25) is 14.7 Å². The summed E-state index contributed by atoms with van der Waals surface area (Å²) in [6.07, 6.45) is 4.98. The summed E-state index contributed by atoms with van der Waals surface area (Å²) in [5.74, 6) is 0.346. The molecule has 0 N–H and O–H groups in total. The average Bonchev–Trinajstić information content (AvgIpc) is 3.08. The van der Waals surface area contributed by atoms with Crippen LogP contribution in [0.15, 0.2) is 24.4 Å². The smallest absolute Gasteiger partial charge is 0.230 e. The van der Waals surface area contributed by atoms with E-state index in [-0.39, 0.29) is 5.41 Å². The average molecular weight is 287 g/mol. The molecule has 114 valence electrons. The zero-order valence-electron chi connectivity index (χ0n) is 13.1. The van der Waals surface area contributed by atoms with Gasteiger partial charge in [0, 0.05) is 25.3 Å².